The minimum absolute atomic E-state index is 0.124. The van der Waals surface area contributed by atoms with Gasteiger partial charge in [0.15, 0.2) is 6.29 Å². The van der Waals surface area contributed by atoms with Gasteiger partial charge in [-0.15, -0.1) is 0 Å². The Kier molecular flexibility index (Phi) is 11.2. The number of methoxy groups -OCH3 is 1. The van der Waals surface area contributed by atoms with E-state index in [0.29, 0.717) is 0 Å². The number of rotatable bonds is 12. The van der Waals surface area contributed by atoms with Crippen LogP contribution in [-0.4, -0.2) is 68.3 Å². The Morgan fingerprint density at radius 1 is 0.944 bits per heavy atom. The first-order valence-electron chi connectivity index (χ1n) is 11.0. The summed E-state index contributed by atoms with van der Waals surface area (Å²) in [6.45, 7) is -0.856. The third-order valence-corrected chi connectivity index (χ3v) is 6.60. The predicted molar refractivity (Wildman–Crippen MR) is 135 cm³/mol. The largest absolute Gasteiger partial charge is 0.394 e. The molecular weight excluding hydrogens is 557 g/mol. The summed E-state index contributed by atoms with van der Waals surface area (Å²) >= 11 is 16.9. The summed E-state index contributed by atoms with van der Waals surface area (Å²) in [5.41, 5.74) is 1.71. The number of hydrogen-bond donors (Lipinski definition) is 2. The Labute approximate surface area is 225 Å². The lowest BCUT2D eigenvalue weighted by Gasteiger charge is -2.45. The van der Waals surface area contributed by atoms with Gasteiger partial charge in [-0.05, 0) is 11.1 Å². The average molecular weight is 585 g/mol. The van der Waals surface area contributed by atoms with Crippen LogP contribution in [0.15, 0.2) is 60.7 Å². The van der Waals surface area contributed by atoms with Crippen LogP contribution in [0.4, 0.5) is 0 Å². The number of aliphatic hydroxyl groups excluding tert-OH is 1. The molecule has 0 aromatic heterocycles. The van der Waals surface area contributed by atoms with Crippen LogP contribution in [0, 0.1) is 0 Å². The standard InChI is InChI=1S/C23H28Cl3NO8S/c1-31-22-19(27-36(29,30)34-15-23(24,25)26)21(33-14-17-10-6-3-7-11-17)20(18(12-28)35-22)32-13-16-8-4-2-5-9-16/h2-11,18-22,27-28H,12-15H2,1H3/t18-,19-,20-,21-,22+/m1/s1. The lowest BCUT2D eigenvalue weighted by Crippen LogP contribution is -2.66. The molecule has 1 fully saturated rings. The zero-order chi connectivity index (χ0) is 26.2. The Bertz CT molecular complexity index is 1030. The first-order valence-corrected chi connectivity index (χ1v) is 13.5. The molecule has 1 aliphatic heterocycles. The summed E-state index contributed by atoms with van der Waals surface area (Å²) in [7, 11) is -3.11. The summed E-state index contributed by atoms with van der Waals surface area (Å²) in [5, 5.41) is 10.0. The molecule has 2 aromatic carbocycles. The molecule has 0 radical (unpaired) electrons. The van der Waals surface area contributed by atoms with Crippen molar-refractivity contribution in [1.29, 1.82) is 0 Å². The maximum absolute atomic E-state index is 12.7. The number of halogens is 3. The molecule has 0 spiro atoms. The van der Waals surface area contributed by atoms with Crippen molar-refractivity contribution >= 4 is 45.1 Å². The highest BCUT2D eigenvalue weighted by molar-refractivity contribution is 7.84. The van der Waals surface area contributed by atoms with Gasteiger partial charge in [0.05, 0.1) is 19.8 Å². The quantitative estimate of drug-likeness (QED) is 0.366. The second kappa shape index (κ2) is 13.7. The monoisotopic (exact) mass is 583 g/mol. The normalized spacial score (nSPS) is 25.1. The zero-order valence-electron chi connectivity index (χ0n) is 19.3. The lowest BCUT2D eigenvalue weighted by molar-refractivity contribution is -0.280. The molecule has 1 saturated heterocycles. The fourth-order valence-electron chi connectivity index (χ4n) is 3.66. The van der Waals surface area contributed by atoms with E-state index in [4.69, 9.17) is 57.9 Å². The van der Waals surface area contributed by atoms with E-state index in [1.165, 1.54) is 7.11 Å². The number of hydrogen-bond acceptors (Lipinski definition) is 8. The van der Waals surface area contributed by atoms with Gasteiger partial charge in [-0.1, -0.05) is 95.5 Å². The van der Waals surface area contributed by atoms with Crippen molar-refractivity contribution in [2.75, 3.05) is 20.3 Å². The highest BCUT2D eigenvalue weighted by Gasteiger charge is 2.49. The number of benzene rings is 2. The van der Waals surface area contributed by atoms with Crippen LogP contribution in [0.2, 0.25) is 0 Å². The summed E-state index contributed by atoms with van der Waals surface area (Å²) < 4.78 is 54.2. The summed E-state index contributed by atoms with van der Waals surface area (Å²) in [5.74, 6) is 0. The van der Waals surface area contributed by atoms with Gasteiger partial charge < -0.3 is 24.1 Å². The minimum Gasteiger partial charge on any atom is -0.394 e. The fourth-order valence-corrected chi connectivity index (χ4v) is 4.99. The minimum atomic E-state index is -4.45. The van der Waals surface area contributed by atoms with Gasteiger partial charge >= 0.3 is 10.3 Å². The average Bonchev–Trinajstić information content (AvgIpc) is 2.86. The van der Waals surface area contributed by atoms with Crippen LogP contribution in [0.1, 0.15) is 11.1 Å². The second-order valence-electron chi connectivity index (χ2n) is 7.96. The van der Waals surface area contributed by atoms with E-state index in [-0.39, 0.29) is 13.2 Å². The van der Waals surface area contributed by atoms with Gasteiger partial charge in [0.1, 0.15) is 31.0 Å². The maximum Gasteiger partial charge on any atom is 0.336 e. The molecule has 0 amide bonds. The van der Waals surface area contributed by atoms with Crippen molar-refractivity contribution < 1.29 is 36.7 Å². The van der Waals surface area contributed by atoms with Crippen LogP contribution in [0.5, 0.6) is 0 Å². The summed E-state index contributed by atoms with van der Waals surface area (Å²) in [6, 6.07) is 17.5. The van der Waals surface area contributed by atoms with E-state index < -0.39 is 58.0 Å². The van der Waals surface area contributed by atoms with E-state index in [0.717, 1.165) is 11.1 Å². The van der Waals surface area contributed by atoms with E-state index in [9.17, 15) is 13.5 Å². The molecular formula is C23H28Cl3NO8S. The van der Waals surface area contributed by atoms with Gasteiger partial charge in [-0.2, -0.15) is 13.1 Å². The third kappa shape index (κ3) is 9.07. The smallest absolute Gasteiger partial charge is 0.336 e. The van der Waals surface area contributed by atoms with Crippen molar-refractivity contribution in [2.24, 2.45) is 0 Å². The number of nitrogens with one attached hydrogen (secondary N) is 1. The molecule has 0 unspecified atom stereocenters. The molecule has 1 heterocycles. The highest BCUT2D eigenvalue weighted by atomic mass is 35.6. The van der Waals surface area contributed by atoms with Crippen molar-refractivity contribution in [2.45, 2.75) is 47.7 Å². The SMILES string of the molecule is CO[C@H]1O[C@H](CO)[C@@H](OCc2ccccc2)[C@H](OCc2ccccc2)[C@H]1NS(=O)(=O)OCC(Cl)(Cl)Cl. The highest BCUT2D eigenvalue weighted by Crippen LogP contribution is 2.30. The molecule has 0 saturated carbocycles. The Morgan fingerprint density at radius 2 is 1.47 bits per heavy atom. The third-order valence-electron chi connectivity index (χ3n) is 5.29. The molecule has 3 rings (SSSR count). The van der Waals surface area contributed by atoms with Crippen LogP contribution in [-0.2, 0) is 46.6 Å². The molecule has 2 aromatic rings. The van der Waals surface area contributed by atoms with Gasteiger partial charge in [-0.3, -0.25) is 4.18 Å². The Balaban J connectivity index is 1.88. The van der Waals surface area contributed by atoms with Crippen molar-refractivity contribution in [3.63, 3.8) is 0 Å². The van der Waals surface area contributed by atoms with Crippen LogP contribution >= 0.6 is 34.8 Å². The number of aliphatic hydroxyl groups is 1. The first kappa shape index (κ1) is 29.5. The lowest BCUT2D eigenvalue weighted by atomic mass is 9.97. The molecule has 9 nitrogen and oxygen atoms in total. The molecule has 2 N–H and O–H groups in total. The zero-order valence-corrected chi connectivity index (χ0v) is 22.4. The van der Waals surface area contributed by atoms with E-state index >= 15 is 0 Å². The molecule has 0 aliphatic carbocycles. The van der Waals surface area contributed by atoms with Gasteiger partial charge in [-0.25, -0.2) is 0 Å². The molecule has 36 heavy (non-hydrogen) atoms. The van der Waals surface area contributed by atoms with Crippen LogP contribution in [0.3, 0.4) is 0 Å². The summed E-state index contributed by atoms with van der Waals surface area (Å²) in [4.78, 5) is 0. The van der Waals surface area contributed by atoms with E-state index in [1.54, 1.807) is 0 Å². The van der Waals surface area contributed by atoms with Crippen molar-refractivity contribution in [3.05, 3.63) is 71.8 Å². The second-order valence-corrected chi connectivity index (χ2v) is 11.9. The first-order chi connectivity index (χ1) is 17.1. The molecule has 200 valence electrons. The predicted octanol–water partition coefficient (Wildman–Crippen LogP) is 3.11. The molecule has 1 aliphatic rings. The van der Waals surface area contributed by atoms with Crippen LogP contribution < -0.4 is 4.72 Å². The van der Waals surface area contributed by atoms with Gasteiger partial charge in [0.2, 0.25) is 3.79 Å². The summed E-state index contributed by atoms with van der Waals surface area (Å²) in [6.07, 6.45) is -3.87. The van der Waals surface area contributed by atoms with Gasteiger partial charge in [0.25, 0.3) is 0 Å². The maximum atomic E-state index is 12.7. The number of alkyl halides is 3. The van der Waals surface area contributed by atoms with Crippen LogP contribution in [0.25, 0.3) is 0 Å². The Hall–Kier alpha value is -1.02. The van der Waals surface area contributed by atoms with E-state index in [2.05, 4.69) is 4.72 Å². The molecule has 13 heteroatoms. The van der Waals surface area contributed by atoms with E-state index in [1.807, 2.05) is 60.7 Å². The molecule has 0 bridgehead atoms. The van der Waals surface area contributed by atoms with Crippen molar-refractivity contribution in [3.8, 4) is 0 Å². The fraction of sp³-hybridized carbons (Fsp3) is 0.478. The molecule has 5 atom stereocenters. The Morgan fingerprint density at radius 3 is 1.94 bits per heavy atom. The number of ether oxygens (including phenoxy) is 4. The van der Waals surface area contributed by atoms with Gasteiger partial charge in [0, 0.05) is 7.11 Å². The topological polar surface area (TPSA) is 113 Å². The van der Waals surface area contributed by atoms with Crippen molar-refractivity contribution in [1.82, 2.24) is 4.72 Å².